The molecule has 0 fully saturated rings. The first-order chi connectivity index (χ1) is 29.2. The Kier molecular flexibility index (Phi) is 7.54. The lowest BCUT2D eigenvalue weighted by Crippen LogP contribution is -2.09. The monoisotopic (exact) mass is 753 g/mol. The molecule has 3 nitrogen and oxygen atoms in total. The summed E-state index contributed by atoms with van der Waals surface area (Å²) in [6.07, 6.45) is 0. The minimum atomic E-state index is 0.894. The molecule has 12 rings (SSSR count). The molecule has 0 aliphatic rings. The minimum absolute atomic E-state index is 0.894. The van der Waals surface area contributed by atoms with Crippen LogP contribution in [-0.2, 0) is 0 Å². The minimum Gasteiger partial charge on any atom is -0.455 e. The van der Waals surface area contributed by atoms with Gasteiger partial charge in [-0.3, -0.25) is 0 Å². The Morgan fingerprint density at radius 2 is 0.831 bits per heavy atom. The molecule has 0 saturated carbocycles. The van der Waals surface area contributed by atoms with Gasteiger partial charge in [0.15, 0.2) is 0 Å². The van der Waals surface area contributed by atoms with Crippen molar-refractivity contribution >= 4 is 82.5 Å². The summed E-state index contributed by atoms with van der Waals surface area (Å²) >= 11 is 0. The van der Waals surface area contributed by atoms with E-state index in [-0.39, 0.29) is 0 Å². The molecule has 2 aromatic heterocycles. The van der Waals surface area contributed by atoms with Crippen molar-refractivity contribution in [2.75, 3.05) is 4.90 Å². The molecule has 0 amide bonds. The zero-order valence-electron chi connectivity index (χ0n) is 32.0. The topological polar surface area (TPSA) is 29.5 Å². The van der Waals surface area contributed by atoms with Gasteiger partial charge >= 0.3 is 0 Å². The summed E-state index contributed by atoms with van der Waals surface area (Å²) in [5.74, 6) is 0. The fourth-order valence-corrected chi connectivity index (χ4v) is 9.02. The van der Waals surface area contributed by atoms with Crippen LogP contribution in [0.1, 0.15) is 0 Å². The lowest BCUT2D eigenvalue weighted by atomic mass is 9.95. The molecule has 0 spiro atoms. The van der Waals surface area contributed by atoms with E-state index in [1.165, 1.54) is 21.5 Å². The molecule has 0 saturated heterocycles. The van der Waals surface area contributed by atoms with E-state index in [2.05, 4.69) is 205 Å². The highest BCUT2D eigenvalue weighted by Gasteiger charge is 2.20. The highest BCUT2D eigenvalue weighted by molar-refractivity contribution is 6.24. The standard InChI is InChI=1S/C56H35NO2/c1-2-13-37(14-3-1)51-35-41-16-6-7-17-45(41)53-50-22-11-20-47(55(50)59-56(51)53)39-27-31-43(32-28-39)57(44-33-24-36-12-4-5-15-40(36)34-44)42-29-25-38(26-30-42)46-19-10-21-49-48-18-8-9-23-52(48)58-54(46)49/h1-35H. The van der Waals surface area contributed by atoms with E-state index in [9.17, 15) is 0 Å². The smallest absolute Gasteiger partial charge is 0.143 e. The van der Waals surface area contributed by atoms with E-state index < -0.39 is 0 Å². The first kappa shape index (κ1) is 33.3. The zero-order chi connectivity index (χ0) is 38.9. The van der Waals surface area contributed by atoms with Gasteiger partial charge in [0.2, 0.25) is 0 Å². The Hall–Kier alpha value is -7.88. The Bertz CT molecular complexity index is 3540. The van der Waals surface area contributed by atoms with Crippen LogP contribution in [-0.4, -0.2) is 0 Å². The fourth-order valence-electron chi connectivity index (χ4n) is 9.02. The number of hydrogen-bond donors (Lipinski definition) is 0. The second-order valence-electron chi connectivity index (χ2n) is 15.2. The van der Waals surface area contributed by atoms with Crippen LogP contribution in [0.2, 0.25) is 0 Å². The molecule has 0 aliphatic heterocycles. The van der Waals surface area contributed by atoms with Crippen molar-refractivity contribution in [1.82, 2.24) is 0 Å². The number of hydrogen-bond acceptors (Lipinski definition) is 3. The first-order valence-electron chi connectivity index (χ1n) is 20.1. The molecule has 59 heavy (non-hydrogen) atoms. The van der Waals surface area contributed by atoms with Gasteiger partial charge < -0.3 is 13.7 Å². The van der Waals surface area contributed by atoms with E-state index >= 15 is 0 Å². The molecule has 0 unspecified atom stereocenters. The maximum Gasteiger partial charge on any atom is 0.143 e. The summed E-state index contributed by atoms with van der Waals surface area (Å²) < 4.78 is 13.4. The Morgan fingerprint density at radius 1 is 0.288 bits per heavy atom. The summed E-state index contributed by atoms with van der Waals surface area (Å²) in [5.41, 5.74) is 13.4. The van der Waals surface area contributed by atoms with Crippen LogP contribution in [0.25, 0.3) is 98.8 Å². The Balaban J connectivity index is 0.977. The quantitative estimate of drug-likeness (QED) is 0.169. The molecule has 2 heterocycles. The van der Waals surface area contributed by atoms with Gasteiger partial charge in [0, 0.05) is 55.3 Å². The van der Waals surface area contributed by atoms with Crippen LogP contribution in [0, 0.1) is 0 Å². The van der Waals surface area contributed by atoms with Crippen molar-refractivity contribution in [1.29, 1.82) is 0 Å². The lowest BCUT2D eigenvalue weighted by Gasteiger charge is -2.26. The van der Waals surface area contributed by atoms with Gasteiger partial charge in [0.05, 0.1) is 0 Å². The molecule has 10 aromatic carbocycles. The van der Waals surface area contributed by atoms with Gasteiger partial charge in [-0.25, -0.2) is 0 Å². The van der Waals surface area contributed by atoms with Gasteiger partial charge in [-0.05, 0) is 86.8 Å². The second kappa shape index (κ2) is 13.4. The van der Waals surface area contributed by atoms with Crippen LogP contribution in [0.3, 0.4) is 0 Å². The number of para-hydroxylation sites is 3. The number of fused-ring (bicyclic) bond motifs is 9. The predicted octanol–water partition coefficient (Wildman–Crippen LogP) is 16.3. The Morgan fingerprint density at radius 3 is 1.56 bits per heavy atom. The number of benzene rings is 10. The molecule has 0 aliphatic carbocycles. The third-order valence-corrected chi connectivity index (χ3v) is 11.8. The first-order valence-corrected chi connectivity index (χ1v) is 20.1. The maximum absolute atomic E-state index is 6.96. The number of furan rings is 2. The summed E-state index contributed by atoms with van der Waals surface area (Å²) in [6, 6.07) is 75.5. The van der Waals surface area contributed by atoms with Crippen molar-refractivity contribution < 1.29 is 8.83 Å². The summed E-state index contributed by atoms with van der Waals surface area (Å²) in [5, 5.41) is 9.33. The van der Waals surface area contributed by atoms with Gasteiger partial charge in [-0.1, -0.05) is 164 Å². The fraction of sp³-hybridized carbons (Fsp3) is 0. The summed E-state index contributed by atoms with van der Waals surface area (Å²) in [4.78, 5) is 2.34. The Labute approximate surface area is 340 Å². The molecule has 276 valence electrons. The number of nitrogens with zero attached hydrogens (tertiary/aromatic N) is 1. The van der Waals surface area contributed by atoms with Crippen LogP contribution in [0.15, 0.2) is 221 Å². The molecule has 0 N–H and O–H groups in total. The van der Waals surface area contributed by atoms with E-state index in [1.807, 2.05) is 12.1 Å². The van der Waals surface area contributed by atoms with Crippen molar-refractivity contribution in [2.24, 2.45) is 0 Å². The molecule has 0 bridgehead atoms. The molecule has 0 atom stereocenters. The molecular weight excluding hydrogens is 719 g/mol. The average Bonchev–Trinajstić information content (AvgIpc) is 3.89. The van der Waals surface area contributed by atoms with Crippen molar-refractivity contribution in [2.45, 2.75) is 0 Å². The summed E-state index contributed by atoms with van der Waals surface area (Å²) in [6.45, 7) is 0. The average molecular weight is 754 g/mol. The molecule has 12 aromatic rings. The second-order valence-corrected chi connectivity index (χ2v) is 15.2. The zero-order valence-corrected chi connectivity index (χ0v) is 32.0. The van der Waals surface area contributed by atoms with Gasteiger partial charge in [-0.15, -0.1) is 0 Å². The molecule has 3 heteroatoms. The SMILES string of the molecule is c1ccc(-c2cc3ccccc3c3c2oc2c(-c4ccc(N(c5ccc(-c6cccc7c6oc6ccccc67)cc5)c5ccc6ccccc6c5)cc4)cccc23)cc1. The van der Waals surface area contributed by atoms with Crippen LogP contribution >= 0.6 is 0 Å². The van der Waals surface area contributed by atoms with Crippen molar-refractivity contribution in [3.63, 3.8) is 0 Å². The highest BCUT2D eigenvalue weighted by Crippen LogP contribution is 2.45. The van der Waals surface area contributed by atoms with Gasteiger partial charge in [0.25, 0.3) is 0 Å². The van der Waals surface area contributed by atoms with Gasteiger partial charge in [-0.2, -0.15) is 0 Å². The van der Waals surface area contributed by atoms with E-state index in [0.29, 0.717) is 0 Å². The number of rotatable bonds is 6. The lowest BCUT2D eigenvalue weighted by molar-refractivity contribution is 0.670. The highest BCUT2D eigenvalue weighted by atomic mass is 16.3. The van der Waals surface area contributed by atoms with Crippen molar-refractivity contribution in [3.05, 3.63) is 212 Å². The van der Waals surface area contributed by atoms with Gasteiger partial charge in [0.1, 0.15) is 22.3 Å². The molecular formula is C56H35NO2. The van der Waals surface area contributed by atoms with Crippen LogP contribution in [0.4, 0.5) is 17.1 Å². The van der Waals surface area contributed by atoms with Crippen molar-refractivity contribution in [3.8, 4) is 33.4 Å². The van der Waals surface area contributed by atoms with Crippen LogP contribution in [0.5, 0.6) is 0 Å². The van der Waals surface area contributed by atoms with E-state index in [1.54, 1.807) is 0 Å². The molecule has 0 radical (unpaired) electrons. The van der Waals surface area contributed by atoms with E-state index in [0.717, 1.165) is 94.3 Å². The third kappa shape index (κ3) is 5.44. The van der Waals surface area contributed by atoms with Crippen LogP contribution < -0.4 is 4.90 Å². The third-order valence-electron chi connectivity index (χ3n) is 11.8. The summed E-state index contributed by atoms with van der Waals surface area (Å²) in [7, 11) is 0. The largest absolute Gasteiger partial charge is 0.455 e. The van der Waals surface area contributed by atoms with E-state index in [4.69, 9.17) is 8.83 Å². The normalized spacial score (nSPS) is 11.7. The predicted molar refractivity (Wildman–Crippen MR) is 247 cm³/mol. The maximum atomic E-state index is 6.96. The number of anilines is 3.